The number of nitrogens with zero attached hydrogens (tertiary/aromatic N) is 1. The van der Waals surface area contributed by atoms with Crippen LogP contribution in [-0.4, -0.2) is 30.1 Å². The molecule has 3 rings (SSSR count). The lowest BCUT2D eigenvalue weighted by Crippen LogP contribution is -2.41. The monoisotopic (exact) mass is 375 g/mol. The van der Waals surface area contributed by atoms with E-state index in [0.717, 1.165) is 34.4 Å². The smallest absolute Gasteiger partial charge is 0.263 e. The molecule has 0 saturated carbocycles. The number of nitrogens with one attached hydrogen (secondary N) is 2. The fourth-order valence-electron chi connectivity index (χ4n) is 3.15. The van der Waals surface area contributed by atoms with Crippen LogP contribution in [0.5, 0.6) is 11.5 Å². The van der Waals surface area contributed by atoms with Crippen molar-refractivity contribution in [2.75, 3.05) is 19.0 Å². The molecule has 1 unspecified atom stereocenters. The summed E-state index contributed by atoms with van der Waals surface area (Å²) in [5, 5.41) is 7.09. The molecule has 1 aliphatic rings. The van der Waals surface area contributed by atoms with Gasteiger partial charge in [0.2, 0.25) is 0 Å². The second kappa shape index (κ2) is 7.15. The van der Waals surface area contributed by atoms with E-state index in [1.165, 1.54) is 11.3 Å². The van der Waals surface area contributed by atoms with E-state index in [1.807, 2.05) is 45.9 Å². The molecule has 1 aliphatic heterocycles. The third-order valence-electron chi connectivity index (χ3n) is 4.31. The van der Waals surface area contributed by atoms with Crippen molar-refractivity contribution < 1.29 is 14.3 Å². The standard InChI is InChI=1S/C19H25N3O3S/c1-6-20-18-21-11(2)16(26-18)17(23)22-14-10-19(3,4)25-15-8-7-12(24-5)9-13(14)15/h7-9,14H,6,10H2,1-5H3,(H,20,21)(H,22,23). The maximum atomic E-state index is 12.9. The van der Waals surface area contributed by atoms with Gasteiger partial charge in [-0.05, 0) is 45.9 Å². The molecular formula is C19H25N3O3S. The van der Waals surface area contributed by atoms with Crippen LogP contribution >= 0.6 is 11.3 Å². The Morgan fingerprint density at radius 2 is 2.23 bits per heavy atom. The van der Waals surface area contributed by atoms with Crippen molar-refractivity contribution >= 4 is 22.4 Å². The lowest BCUT2D eigenvalue weighted by Gasteiger charge is -2.38. The SMILES string of the molecule is CCNc1nc(C)c(C(=O)NC2CC(C)(C)Oc3ccc(OC)cc32)s1. The molecule has 0 saturated heterocycles. The minimum Gasteiger partial charge on any atom is -0.497 e. The summed E-state index contributed by atoms with van der Waals surface area (Å²) in [5.74, 6) is 1.41. The predicted octanol–water partition coefficient (Wildman–Crippen LogP) is 3.92. The van der Waals surface area contributed by atoms with Crippen molar-refractivity contribution in [1.82, 2.24) is 10.3 Å². The van der Waals surface area contributed by atoms with Crippen LogP contribution < -0.4 is 20.1 Å². The molecule has 2 aromatic rings. The van der Waals surface area contributed by atoms with Gasteiger partial charge in [0.25, 0.3) is 5.91 Å². The van der Waals surface area contributed by atoms with Gasteiger partial charge < -0.3 is 20.1 Å². The molecule has 0 radical (unpaired) electrons. The Morgan fingerprint density at radius 3 is 2.92 bits per heavy atom. The molecule has 1 amide bonds. The average Bonchev–Trinajstić information content (AvgIpc) is 2.94. The molecule has 0 fully saturated rings. The summed E-state index contributed by atoms with van der Waals surface area (Å²) in [6.07, 6.45) is 0.677. The molecule has 0 spiro atoms. The van der Waals surface area contributed by atoms with E-state index in [4.69, 9.17) is 9.47 Å². The second-order valence-electron chi connectivity index (χ2n) is 6.96. The normalized spacial score (nSPS) is 17.8. The summed E-state index contributed by atoms with van der Waals surface area (Å²) in [6, 6.07) is 5.55. The zero-order valence-electron chi connectivity index (χ0n) is 15.8. The summed E-state index contributed by atoms with van der Waals surface area (Å²) in [7, 11) is 1.63. The van der Waals surface area contributed by atoms with Crippen molar-refractivity contribution in [2.45, 2.75) is 45.8 Å². The van der Waals surface area contributed by atoms with Gasteiger partial charge in [0.15, 0.2) is 5.13 Å². The Kier molecular flexibility index (Phi) is 5.09. The number of ether oxygens (including phenoxy) is 2. The summed E-state index contributed by atoms with van der Waals surface area (Å²) in [6.45, 7) is 8.69. The summed E-state index contributed by atoms with van der Waals surface area (Å²) < 4.78 is 11.4. The Bertz CT molecular complexity index is 816. The highest BCUT2D eigenvalue weighted by atomic mass is 32.1. The van der Waals surface area contributed by atoms with Crippen LogP contribution in [0.1, 0.15) is 54.2 Å². The van der Waals surface area contributed by atoms with Crippen LogP contribution in [-0.2, 0) is 0 Å². The molecule has 2 heterocycles. The zero-order valence-corrected chi connectivity index (χ0v) is 16.6. The number of aromatic nitrogens is 1. The van der Waals surface area contributed by atoms with Gasteiger partial charge in [-0.3, -0.25) is 4.79 Å². The van der Waals surface area contributed by atoms with E-state index in [1.54, 1.807) is 7.11 Å². The molecule has 0 aliphatic carbocycles. The van der Waals surface area contributed by atoms with Crippen molar-refractivity contribution in [3.8, 4) is 11.5 Å². The number of carbonyl (C=O) groups is 1. The maximum Gasteiger partial charge on any atom is 0.263 e. The van der Waals surface area contributed by atoms with Gasteiger partial charge in [-0.2, -0.15) is 0 Å². The number of amides is 1. The molecule has 7 heteroatoms. The van der Waals surface area contributed by atoms with Crippen LogP contribution in [0.2, 0.25) is 0 Å². The van der Waals surface area contributed by atoms with E-state index in [9.17, 15) is 4.79 Å². The van der Waals surface area contributed by atoms with Gasteiger partial charge in [-0.1, -0.05) is 11.3 Å². The van der Waals surface area contributed by atoms with Gasteiger partial charge in [-0.15, -0.1) is 0 Å². The minimum atomic E-state index is -0.364. The molecule has 2 N–H and O–H groups in total. The molecular weight excluding hydrogens is 350 g/mol. The number of thiazole rings is 1. The van der Waals surface area contributed by atoms with Crippen molar-refractivity contribution in [3.63, 3.8) is 0 Å². The summed E-state index contributed by atoms with van der Waals surface area (Å²) in [4.78, 5) is 17.9. The second-order valence-corrected chi connectivity index (χ2v) is 7.96. The number of carbonyl (C=O) groups excluding carboxylic acids is 1. The Labute approximate surface area is 157 Å². The summed E-state index contributed by atoms with van der Waals surface area (Å²) in [5.41, 5.74) is 1.31. The Hall–Kier alpha value is -2.28. The molecule has 26 heavy (non-hydrogen) atoms. The Balaban J connectivity index is 1.88. The first kappa shape index (κ1) is 18.5. The largest absolute Gasteiger partial charge is 0.497 e. The molecule has 1 aromatic carbocycles. The molecule has 0 bridgehead atoms. The number of methoxy groups -OCH3 is 1. The lowest BCUT2D eigenvalue weighted by atomic mass is 9.89. The van der Waals surface area contributed by atoms with Gasteiger partial charge >= 0.3 is 0 Å². The van der Waals surface area contributed by atoms with Crippen LogP contribution in [0, 0.1) is 6.92 Å². The van der Waals surface area contributed by atoms with E-state index in [0.29, 0.717) is 11.3 Å². The highest BCUT2D eigenvalue weighted by Gasteiger charge is 2.35. The lowest BCUT2D eigenvalue weighted by molar-refractivity contribution is 0.0619. The third kappa shape index (κ3) is 3.77. The van der Waals surface area contributed by atoms with Gasteiger partial charge in [0.05, 0.1) is 18.8 Å². The molecule has 6 nitrogen and oxygen atoms in total. The topological polar surface area (TPSA) is 72.5 Å². The molecule has 140 valence electrons. The molecule has 1 atom stereocenters. The fraction of sp³-hybridized carbons (Fsp3) is 0.474. The van der Waals surface area contributed by atoms with Crippen LogP contribution in [0.3, 0.4) is 0 Å². The number of anilines is 1. The van der Waals surface area contributed by atoms with Gasteiger partial charge in [-0.25, -0.2) is 4.98 Å². The molecule has 1 aromatic heterocycles. The summed E-state index contributed by atoms with van der Waals surface area (Å²) >= 11 is 1.38. The van der Waals surface area contributed by atoms with Crippen LogP contribution in [0.4, 0.5) is 5.13 Å². The van der Waals surface area contributed by atoms with E-state index >= 15 is 0 Å². The first-order valence-corrected chi connectivity index (χ1v) is 9.53. The van der Waals surface area contributed by atoms with E-state index < -0.39 is 0 Å². The highest BCUT2D eigenvalue weighted by molar-refractivity contribution is 7.17. The van der Waals surface area contributed by atoms with Crippen molar-refractivity contribution in [3.05, 3.63) is 34.3 Å². The maximum absolute atomic E-state index is 12.9. The number of fused-ring (bicyclic) bond motifs is 1. The predicted molar refractivity (Wildman–Crippen MR) is 104 cm³/mol. The third-order valence-corrected chi connectivity index (χ3v) is 5.42. The Morgan fingerprint density at radius 1 is 1.46 bits per heavy atom. The van der Waals surface area contributed by atoms with Gasteiger partial charge in [0.1, 0.15) is 22.0 Å². The van der Waals surface area contributed by atoms with Crippen molar-refractivity contribution in [1.29, 1.82) is 0 Å². The van der Waals surface area contributed by atoms with E-state index in [-0.39, 0.29) is 17.6 Å². The zero-order chi connectivity index (χ0) is 18.9. The fourth-order valence-corrected chi connectivity index (χ4v) is 4.08. The first-order chi connectivity index (χ1) is 12.3. The number of benzene rings is 1. The first-order valence-electron chi connectivity index (χ1n) is 8.72. The van der Waals surface area contributed by atoms with Gasteiger partial charge in [0, 0.05) is 18.5 Å². The quantitative estimate of drug-likeness (QED) is 0.829. The van der Waals surface area contributed by atoms with Crippen molar-refractivity contribution in [2.24, 2.45) is 0 Å². The number of aryl methyl sites for hydroxylation is 1. The van der Waals surface area contributed by atoms with Crippen LogP contribution in [0.15, 0.2) is 18.2 Å². The highest BCUT2D eigenvalue weighted by Crippen LogP contribution is 2.41. The number of rotatable bonds is 5. The number of hydrogen-bond acceptors (Lipinski definition) is 6. The van der Waals surface area contributed by atoms with E-state index in [2.05, 4.69) is 15.6 Å². The average molecular weight is 375 g/mol. The minimum absolute atomic E-state index is 0.111. The van der Waals surface area contributed by atoms with Crippen LogP contribution in [0.25, 0.3) is 0 Å². The number of hydrogen-bond donors (Lipinski definition) is 2.